The molecule has 7 heteroatoms. The quantitative estimate of drug-likeness (QED) is 0.671. The van der Waals surface area contributed by atoms with Crippen molar-refractivity contribution in [3.8, 4) is 0 Å². The zero-order chi connectivity index (χ0) is 15.1. The average Bonchev–Trinajstić information content (AvgIpc) is 2.97. The van der Waals surface area contributed by atoms with Gasteiger partial charge < -0.3 is 20.4 Å². The molecule has 0 aliphatic rings. The Bertz CT molecular complexity index is 583. The van der Waals surface area contributed by atoms with Gasteiger partial charge in [-0.3, -0.25) is 4.79 Å². The van der Waals surface area contributed by atoms with Gasteiger partial charge in [-0.2, -0.15) is 4.98 Å². The van der Waals surface area contributed by atoms with Crippen molar-refractivity contribution in [2.45, 2.75) is 13.8 Å². The number of anilines is 2. The molecule has 2 aromatic rings. The second kappa shape index (κ2) is 7.28. The summed E-state index contributed by atoms with van der Waals surface area (Å²) in [7, 11) is 0. The Kier molecular flexibility index (Phi) is 5.14. The highest BCUT2D eigenvalue weighted by atomic mass is 16.3. The predicted octanol–water partition coefficient (Wildman–Crippen LogP) is 1.65. The van der Waals surface area contributed by atoms with Crippen molar-refractivity contribution in [1.82, 2.24) is 15.3 Å². The van der Waals surface area contributed by atoms with E-state index in [0.717, 1.165) is 18.1 Å². The summed E-state index contributed by atoms with van der Waals surface area (Å²) in [5, 5.41) is 8.96. The number of rotatable bonds is 7. The Hall–Kier alpha value is -2.57. The predicted molar refractivity (Wildman–Crippen MR) is 80.5 cm³/mol. The fourth-order valence-electron chi connectivity index (χ4n) is 1.76. The van der Waals surface area contributed by atoms with Gasteiger partial charge in [0.2, 0.25) is 5.95 Å². The number of furan rings is 1. The van der Waals surface area contributed by atoms with Crippen molar-refractivity contribution in [3.05, 3.63) is 35.9 Å². The van der Waals surface area contributed by atoms with Crippen molar-refractivity contribution in [1.29, 1.82) is 0 Å². The molecule has 2 heterocycles. The first-order chi connectivity index (χ1) is 10.2. The summed E-state index contributed by atoms with van der Waals surface area (Å²) in [5.41, 5.74) is 0.878. The summed E-state index contributed by atoms with van der Waals surface area (Å²) in [6, 6.07) is 5.18. The molecule has 3 N–H and O–H groups in total. The number of carbonyl (C=O) groups is 1. The van der Waals surface area contributed by atoms with Gasteiger partial charge in [0.15, 0.2) is 5.76 Å². The van der Waals surface area contributed by atoms with Crippen LogP contribution in [-0.2, 0) is 0 Å². The van der Waals surface area contributed by atoms with E-state index in [2.05, 4.69) is 25.9 Å². The zero-order valence-corrected chi connectivity index (χ0v) is 12.1. The molecule has 7 nitrogen and oxygen atoms in total. The van der Waals surface area contributed by atoms with Crippen LogP contribution in [0.25, 0.3) is 0 Å². The van der Waals surface area contributed by atoms with Crippen LogP contribution in [0, 0.1) is 6.92 Å². The van der Waals surface area contributed by atoms with E-state index in [1.807, 2.05) is 19.9 Å². The smallest absolute Gasteiger partial charge is 0.287 e. The van der Waals surface area contributed by atoms with Gasteiger partial charge in [-0.1, -0.05) is 0 Å². The number of amides is 1. The second-order valence-corrected chi connectivity index (χ2v) is 4.41. The lowest BCUT2D eigenvalue weighted by Gasteiger charge is -2.09. The van der Waals surface area contributed by atoms with Crippen molar-refractivity contribution < 1.29 is 9.21 Å². The fourth-order valence-corrected chi connectivity index (χ4v) is 1.76. The number of nitrogens with one attached hydrogen (secondary N) is 3. The molecular formula is C14H19N5O2. The lowest BCUT2D eigenvalue weighted by Crippen LogP contribution is -2.28. The summed E-state index contributed by atoms with van der Waals surface area (Å²) in [6.45, 7) is 5.70. The Balaban J connectivity index is 1.79. The molecule has 0 fully saturated rings. The first-order valence-electron chi connectivity index (χ1n) is 6.84. The van der Waals surface area contributed by atoms with E-state index in [1.165, 1.54) is 6.26 Å². The van der Waals surface area contributed by atoms with Gasteiger partial charge in [0, 0.05) is 31.4 Å². The molecule has 0 saturated heterocycles. The zero-order valence-electron chi connectivity index (χ0n) is 12.1. The van der Waals surface area contributed by atoms with Gasteiger partial charge in [-0.15, -0.1) is 0 Å². The number of hydrogen-bond acceptors (Lipinski definition) is 6. The van der Waals surface area contributed by atoms with Gasteiger partial charge >= 0.3 is 0 Å². The van der Waals surface area contributed by atoms with E-state index in [-0.39, 0.29) is 5.91 Å². The molecule has 0 atom stereocenters. The molecule has 0 radical (unpaired) electrons. The molecule has 0 unspecified atom stereocenters. The monoisotopic (exact) mass is 289 g/mol. The van der Waals surface area contributed by atoms with Crippen LogP contribution >= 0.6 is 0 Å². The maximum Gasteiger partial charge on any atom is 0.287 e. The minimum Gasteiger partial charge on any atom is -0.459 e. The number of nitrogens with zero attached hydrogens (tertiary/aromatic N) is 2. The maximum atomic E-state index is 11.6. The first kappa shape index (κ1) is 14.8. The molecular weight excluding hydrogens is 270 g/mol. The van der Waals surface area contributed by atoms with Crippen molar-refractivity contribution in [3.63, 3.8) is 0 Å². The van der Waals surface area contributed by atoms with E-state index in [9.17, 15) is 4.79 Å². The number of carbonyl (C=O) groups excluding carboxylic acids is 1. The van der Waals surface area contributed by atoms with Crippen LogP contribution < -0.4 is 16.0 Å². The summed E-state index contributed by atoms with van der Waals surface area (Å²) in [5.74, 6) is 1.39. The molecule has 0 saturated carbocycles. The number of hydrogen-bond donors (Lipinski definition) is 3. The Labute approximate surface area is 123 Å². The molecule has 0 spiro atoms. The van der Waals surface area contributed by atoms with Gasteiger partial charge in [-0.05, 0) is 26.0 Å². The van der Waals surface area contributed by atoms with Crippen LogP contribution in [0.1, 0.15) is 23.2 Å². The highest BCUT2D eigenvalue weighted by molar-refractivity contribution is 5.91. The average molecular weight is 289 g/mol. The van der Waals surface area contributed by atoms with E-state index >= 15 is 0 Å². The van der Waals surface area contributed by atoms with Crippen LogP contribution in [0.2, 0.25) is 0 Å². The van der Waals surface area contributed by atoms with Crippen LogP contribution in [0.15, 0.2) is 28.9 Å². The Morgan fingerprint density at radius 1 is 1.29 bits per heavy atom. The first-order valence-corrected chi connectivity index (χ1v) is 6.84. The van der Waals surface area contributed by atoms with Crippen molar-refractivity contribution in [2.24, 2.45) is 0 Å². The third-order valence-electron chi connectivity index (χ3n) is 2.65. The Morgan fingerprint density at radius 2 is 2.14 bits per heavy atom. The summed E-state index contributed by atoms with van der Waals surface area (Å²) in [6.07, 6.45) is 1.47. The highest BCUT2D eigenvalue weighted by Crippen LogP contribution is 2.08. The molecule has 0 aliphatic carbocycles. The number of aromatic nitrogens is 2. The van der Waals surface area contributed by atoms with Gasteiger partial charge in [0.1, 0.15) is 5.82 Å². The maximum absolute atomic E-state index is 11.6. The van der Waals surface area contributed by atoms with Crippen molar-refractivity contribution in [2.75, 3.05) is 30.3 Å². The molecule has 0 aliphatic heterocycles. The van der Waals surface area contributed by atoms with Crippen LogP contribution in [0.3, 0.4) is 0 Å². The summed E-state index contributed by atoms with van der Waals surface area (Å²) >= 11 is 0. The molecule has 2 aromatic heterocycles. The minimum atomic E-state index is -0.236. The van der Waals surface area contributed by atoms with Crippen LogP contribution in [-0.4, -0.2) is 35.5 Å². The fraction of sp³-hybridized carbons (Fsp3) is 0.357. The summed E-state index contributed by atoms with van der Waals surface area (Å²) in [4.78, 5) is 20.3. The molecule has 21 heavy (non-hydrogen) atoms. The topological polar surface area (TPSA) is 92.1 Å². The van der Waals surface area contributed by atoms with E-state index in [0.29, 0.717) is 24.8 Å². The normalized spacial score (nSPS) is 10.2. The lowest BCUT2D eigenvalue weighted by atomic mass is 10.4. The molecule has 0 bridgehead atoms. The van der Waals surface area contributed by atoms with Gasteiger partial charge in [0.05, 0.1) is 6.26 Å². The van der Waals surface area contributed by atoms with Crippen molar-refractivity contribution >= 4 is 17.7 Å². The number of aryl methyl sites for hydroxylation is 1. The molecule has 2 rings (SSSR count). The van der Waals surface area contributed by atoms with Gasteiger partial charge in [-0.25, -0.2) is 4.98 Å². The lowest BCUT2D eigenvalue weighted by molar-refractivity contribution is 0.0927. The molecule has 1 amide bonds. The van der Waals surface area contributed by atoms with E-state index in [1.54, 1.807) is 12.1 Å². The molecule has 0 aromatic carbocycles. The van der Waals surface area contributed by atoms with Gasteiger partial charge in [0.25, 0.3) is 5.91 Å². The summed E-state index contributed by atoms with van der Waals surface area (Å²) < 4.78 is 5.00. The van der Waals surface area contributed by atoms with E-state index < -0.39 is 0 Å². The van der Waals surface area contributed by atoms with Crippen LogP contribution in [0.4, 0.5) is 11.8 Å². The second-order valence-electron chi connectivity index (χ2n) is 4.41. The van der Waals surface area contributed by atoms with E-state index in [4.69, 9.17) is 4.42 Å². The third kappa shape index (κ3) is 4.48. The Morgan fingerprint density at radius 3 is 2.86 bits per heavy atom. The largest absolute Gasteiger partial charge is 0.459 e. The van der Waals surface area contributed by atoms with Crippen LogP contribution in [0.5, 0.6) is 0 Å². The minimum absolute atomic E-state index is 0.236. The third-order valence-corrected chi connectivity index (χ3v) is 2.65. The standard InChI is InChI=1S/C14H19N5O2/c1-3-15-12-9-10(2)18-14(19-12)17-7-6-16-13(20)11-5-4-8-21-11/h4-5,8-9H,3,6-7H2,1-2H3,(H,16,20)(H2,15,17,18,19). The SMILES string of the molecule is CCNc1cc(C)nc(NCCNC(=O)c2ccco2)n1. The highest BCUT2D eigenvalue weighted by Gasteiger charge is 2.07. The molecule has 112 valence electrons.